The van der Waals surface area contributed by atoms with Crippen molar-refractivity contribution in [2.45, 2.75) is 17.7 Å². The Bertz CT molecular complexity index is 920. The molecule has 3 rings (SSSR count). The van der Waals surface area contributed by atoms with Gasteiger partial charge < -0.3 is 10.2 Å². The Morgan fingerprint density at radius 1 is 1.17 bits per heavy atom. The number of carbonyl (C=O) groups is 1. The summed E-state index contributed by atoms with van der Waals surface area (Å²) < 4.78 is 28.1. The SMILES string of the molecule is CN(CCNC(=O)[C@@H]1CCCN(S(=O)(=O)c2ccc(Br)cc2)C1)c1ccccc1. The Morgan fingerprint density at radius 2 is 1.86 bits per heavy atom. The summed E-state index contributed by atoms with van der Waals surface area (Å²) in [5.74, 6) is -0.404. The Morgan fingerprint density at radius 3 is 2.55 bits per heavy atom. The molecule has 1 atom stereocenters. The van der Waals surface area contributed by atoms with Crippen molar-refractivity contribution in [3.8, 4) is 0 Å². The number of nitrogens with zero attached hydrogens (tertiary/aromatic N) is 2. The van der Waals surface area contributed by atoms with Gasteiger partial charge in [0, 0.05) is 43.4 Å². The topological polar surface area (TPSA) is 69.7 Å². The molecule has 1 aliphatic rings. The maximum atomic E-state index is 12.9. The van der Waals surface area contributed by atoms with E-state index in [9.17, 15) is 13.2 Å². The molecule has 1 aliphatic heterocycles. The van der Waals surface area contributed by atoms with Crippen molar-refractivity contribution in [3.63, 3.8) is 0 Å². The summed E-state index contributed by atoms with van der Waals surface area (Å²) in [6.45, 7) is 1.86. The first-order valence-electron chi connectivity index (χ1n) is 9.67. The van der Waals surface area contributed by atoms with Crippen molar-refractivity contribution in [2.75, 3.05) is 38.1 Å². The van der Waals surface area contributed by atoms with Crippen LogP contribution in [0.5, 0.6) is 0 Å². The quantitative estimate of drug-likeness (QED) is 0.662. The number of anilines is 1. The lowest BCUT2D eigenvalue weighted by atomic mass is 9.99. The Hall–Kier alpha value is -1.90. The van der Waals surface area contributed by atoms with E-state index in [0.29, 0.717) is 32.5 Å². The fourth-order valence-electron chi connectivity index (χ4n) is 3.43. The number of hydrogen-bond acceptors (Lipinski definition) is 4. The van der Waals surface area contributed by atoms with Gasteiger partial charge in [0.25, 0.3) is 0 Å². The summed E-state index contributed by atoms with van der Waals surface area (Å²) in [5.41, 5.74) is 1.09. The van der Waals surface area contributed by atoms with Crippen LogP contribution in [0.1, 0.15) is 12.8 Å². The second kappa shape index (κ2) is 9.73. The van der Waals surface area contributed by atoms with Crippen molar-refractivity contribution in [1.29, 1.82) is 0 Å². The number of nitrogens with one attached hydrogen (secondary N) is 1. The molecule has 6 nitrogen and oxygen atoms in total. The highest BCUT2D eigenvalue weighted by atomic mass is 79.9. The highest BCUT2D eigenvalue weighted by Crippen LogP contribution is 2.25. The van der Waals surface area contributed by atoms with Crippen LogP contribution in [-0.4, -0.2) is 51.9 Å². The number of sulfonamides is 1. The molecule has 0 saturated carbocycles. The summed E-state index contributed by atoms with van der Waals surface area (Å²) in [6, 6.07) is 16.6. The maximum absolute atomic E-state index is 12.9. The lowest BCUT2D eigenvalue weighted by Crippen LogP contribution is -2.46. The van der Waals surface area contributed by atoms with E-state index in [1.165, 1.54) is 4.31 Å². The highest BCUT2D eigenvalue weighted by Gasteiger charge is 2.33. The summed E-state index contributed by atoms with van der Waals surface area (Å²) in [5, 5.41) is 2.96. The molecule has 1 saturated heterocycles. The largest absolute Gasteiger partial charge is 0.373 e. The molecule has 0 aliphatic carbocycles. The summed E-state index contributed by atoms with van der Waals surface area (Å²) in [7, 11) is -1.61. The van der Waals surface area contributed by atoms with Gasteiger partial charge in [-0.1, -0.05) is 34.1 Å². The molecule has 1 fully saturated rings. The molecule has 1 N–H and O–H groups in total. The number of piperidine rings is 1. The maximum Gasteiger partial charge on any atom is 0.243 e. The van der Waals surface area contributed by atoms with Crippen LogP contribution in [-0.2, 0) is 14.8 Å². The van der Waals surface area contributed by atoms with Crippen molar-refractivity contribution < 1.29 is 13.2 Å². The number of likely N-dealkylation sites (N-methyl/N-ethyl adjacent to an activating group) is 1. The van der Waals surface area contributed by atoms with Crippen molar-refractivity contribution in [3.05, 3.63) is 59.1 Å². The van der Waals surface area contributed by atoms with Gasteiger partial charge in [-0.15, -0.1) is 0 Å². The van der Waals surface area contributed by atoms with Gasteiger partial charge >= 0.3 is 0 Å². The molecule has 2 aromatic rings. The van der Waals surface area contributed by atoms with Crippen LogP contribution in [0.25, 0.3) is 0 Å². The number of carbonyl (C=O) groups excluding carboxylic acids is 1. The fraction of sp³-hybridized carbons (Fsp3) is 0.381. The van der Waals surface area contributed by atoms with Gasteiger partial charge in [-0.3, -0.25) is 4.79 Å². The predicted octanol–water partition coefficient (Wildman–Crippen LogP) is 3.10. The second-order valence-corrected chi connectivity index (χ2v) is 10.1. The smallest absolute Gasteiger partial charge is 0.243 e. The molecule has 1 heterocycles. The molecule has 0 radical (unpaired) electrons. The minimum Gasteiger partial charge on any atom is -0.373 e. The van der Waals surface area contributed by atoms with Crippen LogP contribution in [0, 0.1) is 5.92 Å². The first-order valence-corrected chi connectivity index (χ1v) is 11.9. The van der Waals surface area contributed by atoms with Gasteiger partial charge in [-0.25, -0.2) is 8.42 Å². The molecule has 8 heteroatoms. The standard InChI is InChI=1S/C21H26BrN3O3S/c1-24(19-7-3-2-4-8-19)15-13-23-21(26)17-6-5-14-25(16-17)29(27,28)20-11-9-18(22)10-12-20/h2-4,7-12,17H,5-6,13-16H2,1H3,(H,23,26)/t17-/m1/s1. The normalized spacial score (nSPS) is 17.7. The number of benzene rings is 2. The van der Waals surface area contributed by atoms with E-state index in [4.69, 9.17) is 0 Å². The van der Waals surface area contributed by atoms with Crippen LogP contribution >= 0.6 is 15.9 Å². The minimum atomic E-state index is -3.59. The summed E-state index contributed by atoms with van der Waals surface area (Å²) >= 11 is 3.32. The first-order chi connectivity index (χ1) is 13.9. The highest BCUT2D eigenvalue weighted by molar-refractivity contribution is 9.10. The van der Waals surface area contributed by atoms with Crippen LogP contribution < -0.4 is 10.2 Å². The van der Waals surface area contributed by atoms with Crippen LogP contribution in [0.15, 0.2) is 64.0 Å². The molecule has 2 aromatic carbocycles. The molecule has 0 spiro atoms. The van der Waals surface area contributed by atoms with Crippen LogP contribution in [0.2, 0.25) is 0 Å². The predicted molar refractivity (Wildman–Crippen MR) is 118 cm³/mol. The fourth-order valence-corrected chi connectivity index (χ4v) is 5.22. The van der Waals surface area contributed by atoms with Gasteiger partial charge in [0.05, 0.1) is 10.8 Å². The minimum absolute atomic E-state index is 0.0813. The van der Waals surface area contributed by atoms with E-state index >= 15 is 0 Å². The van der Waals surface area contributed by atoms with Crippen LogP contribution in [0.3, 0.4) is 0 Å². The van der Waals surface area contributed by atoms with Gasteiger partial charge in [0.15, 0.2) is 0 Å². The van der Waals surface area contributed by atoms with Crippen molar-refractivity contribution in [1.82, 2.24) is 9.62 Å². The number of hydrogen-bond donors (Lipinski definition) is 1. The lowest BCUT2D eigenvalue weighted by Gasteiger charge is -2.31. The van der Waals surface area contributed by atoms with Gasteiger partial charge in [0.1, 0.15) is 0 Å². The second-order valence-electron chi connectivity index (χ2n) is 7.20. The molecule has 0 bridgehead atoms. The third-order valence-electron chi connectivity index (χ3n) is 5.15. The lowest BCUT2D eigenvalue weighted by molar-refractivity contribution is -0.126. The third kappa shape index (κ3) is 5.58. The molecular weight excluding hydrogens is 454 g/mol. The van der Waals surface area contributed by atoms with E-state index in [-0.39, 0.29) is 23.3 Å². The zero-order valence-corrected chi connectivity index (χ0v) is 18.8. The number of para-hydroxylation sites is 1. The zero-order valence-electron chi connectivity index (χ0n) is 16.4. The number of halogens is 1. The van der Waals surface area contributed by atoms with E-state index in [1.807, 2.05) is 37.4 Å². The van der Waals surface area contributed by atoms with E-state index < -0.39 is 10.0 Å². The van der Waals surface area contributed by atoms with Crippen molar-refractivity contribution >= 4 is 37.5 Å². The summed E-state index contributed by atoms with van der Waals surface area (Å²) in [6.07, 6.45) is 1.38. The van der Waals surface area contributed by atoms with E-state index in [2.05, 4.69) is 26.1 Å². The average molecular weight is 480 g/mol. The zero-order chi connectivity index (χ0) is 20.9. The Labute approximate surface area is 181 Å². The molecular formula is C21H26BrN3O3S. The monoisotopic (exact) mass is 479 g/mol. The molecule has 1 amide bonds. The Kier molecular flexibility index (Phi) is 7.32. The Balaban J connectivity index is 1.54. The third-order valence-corrected chi connectivity index (χ3v) is 7.56. The average Bonchev–Trinajstić information content (AvgIpc) is 2.74. The molecule has 0 aromatic heterocycles. The molecule has 156 valence electrons. The number of rotatable bonds is 7. The van der Waals surface area contributed by atoms with Gasteiger partial charge in [0.2, 0.25) is 15.9 Å². The van der Waals surface area contributed by atoms with Gasteiger partial charge in [-0.2, -0.15) is 4.31 Å². The molecule has 29 heavy (non-hydrogen) atoms. The van der Waals surface area contributed by atoms with E-state index in [0.717, 1.165) is 10.2 Å². The molecule has 0 unspecified atom stereocenters. The van der Waals surface area contributed by atoms with Gasteiger partial charge in [-0.05, 0) is 49.2 Å². The van der Waals surface area contributed by atoms with Crippen molar-refractivity contribution in [2.24, 2.45) is 5.92 Å². The number of amides is 1. The summed E-state index contributed by atoms with van der Waals surface area (Å²) in [4.78, 5) is 14.9. The van der Waals surface area contributed by atoms with E-state index in [1.54, 1.807) is 24.3 Å². The van der Waals surface area contributed by atoms with Crippen LogP contribution in [0.4, 0.5) is 5.69 Å². The first kappa shape index (κ1) is 21.8.